The summed E-state index contributed by atoms with van der Waals surface area (Å²) in [6.45, 7) is 0.337. The molecule has 0 bridgehead atoms. The first kappa shape index (κ1) is 12.9. The van der Waals surface area contributed by atoms with Gasteiger partial charge in [-0.15, -0.1) is 0 Å². The maximum absolute atomic E-state index is 5.94. The third-order valence-electron chi connectivity index (χ3n) is 2.79. The summed E-state index contributed by atoms with van der Waals surface area (Å²) in [5.41, 5.74) is 6.51. The Morgan fingerprint density at radius 1 is 1.20 bits per heavy atom. The second kappa shape index (κ2) is 5.48. The molecule has 20 heavy (non-hydrogen) atoms. The molecule has 1 aromatic carbocycles. The third-order valence-corrected chi connectivity index (χ3v) is 3.03. The van der Waals surface area contributed by atoms with Crippen LogP contribution in [0, 0.1) is 0 Å². The van der Waals surface area contributed by atoms with E-state index < -0.39 is 0 Å². The lowest BCUT2D eigenvalue weighted by molar-refractivity contribution is 0.406. The van der Waals surface area contributed by atoms with Gasteiger partial charge in [0.1, 0.15) is 5.76 Å². The van der Waals surface area contributed by atoms with Crippen LogP contribution in [0.3, 0.4) is 0 Å². The number of rotatable bonds is 4. The second-order valence-corrected chi connectivity index (χ2v) is 4.73. The van der Waals surface area contributed by atoms with E-state index in [1.54, 1.807) is 12.1 Å². The van der Waals surface area contributed by atoms with Gasteiger partial charge < -0.3 is 14.7 Å². The van der Waals surface area contributed by atoms with E-state index in [1.807, 2.05) is 24.3 Å². The van der Waals surface area contributed by atoms with Gasteiger partial charge in [-0.3, -0.25) is 0 Å². The Bertz CT molecular complexity index is 721. The Labute approximate surface area is 120 Å². The predicted octanol–water partition coefficient (Wildman–Crippen LogP) is 3.03. The minimum Gasteiger partial charge on any atom is -0.455 e. The lowest BCUT2D eigenvalue weighted by Gasteiger charge is -1.96. The molecule has 0 atom stereocenters. The Morgan fingerprint density at radius 2 is 2.10 bits per heavy atom. The molecule has 0 saturated heterocycles. The molecule has 5 nitrogen and oxygen atoms in total. The number of benzene rings is 1. The first-order valence-electron chi connectivity index (χ1n) is 6.11. The number of hydrogen-bond donors (Lipinski definition) is 1. The van der Waals surface area contributed by atoms with Gasteiger partial charge in [-0.2, -0.15) is 4.98 Å². The van der Waals surface area contributed by atoms with Crippen LogP contribution in [0.15, 0.2) is 45.3 Å². The van der Waals surface area contributed by atoms with Gasteiger partial charge in [-0.1, -0.05) is 28.9 Å². The largest absolute Gasteiger partial charge is 0.455 e. The first-order chi connectivity index (χ1) is 9.74. The van der Waals surface area contributed by atoms with Gasteiger partial charge in [0.05, 0.1) is 6.54 Å². The molecule has 0 aliphatic rings. The van der Waals surface area contributed by atoms with Gasteiger partial charge in [0.25, 0.3) is 5.89 Å². The van der Waals surface area contributed by atoms with Crippen LogP contribution in [-0.2, 0) is 13.0 Å². The highest BCUT2D eigenvalue weighted by Crippen LogP contribution is 2.21. The number of hydrogen-bond acceptors (Lipinski definition) is 5. The van der Waals surface area contributed by atoms with Crippen LogP contribution >= 0.6 is 11.6 Å². The predicted molar refractivity (Wildman–Crippen MR) is 74.1 cm³/mol. The van der Waals surface area contributed by atoms with Crippen molar-refractivity contribution in [1.82, 2.24) is 10.1 Å². The van der Waals surface area contributed by atoms with E-state index in [1.165, 1.54) is 0 Å². The quantitative estimate of drug-likeness (QED) is 0.798. The zero-order valence-corrected chi connectivity index (χ0v) is 11.3. The lowest BCUT2D eigenvalue weighted by atomic mass is 10.1. The Balaban J connectivity index is 1.80. The summed E-state index contributed by atoms with van der Waals surface area (Å²) >= 11 is 5.94. The summed E-state index contributed by atoms with van der Waals surface area (Å²) in [6.07, 6.45) is 0.550. The second-order valence-electron chi connectivity index (χ2n) is 4.29. The maximum atomic E-state index is 5.94. The molecule has 0 unspecified atom stereocenters. The first-order valence-corrected chi connectivity index (χ1v) is 6.48. The third kappa shape index (κ3) is 2.74. The SMILES string of the molecule is NCc1ccc(-c2nc(Cc3cccc(Cl)c3)no2)o1. The average Bonchev–Trinajstić information content (AvgIpc) is 3.07. The van der Waals surface area contributed by atoms with E-state index in [2.05, 4.69) is 10.1 Å². The molecule has 0 radical (unpaired) electrons. The van der Waals surface area contributed by atoms with Crippen molar-refractivity contribution in [1.29, 1.82) is 0 Å². The van der Waals surface area contributed by atoms with Crippen LogP contribution in [0.5, 0.6) is 0 Å². The molecular weight excluding hydrogens is 278 g/mol. The van der Waals surface area contributed by atoms with Gasteiger partial charge in [0.15, 0.2) is 11.6 Å². The van der Waals surface area contributed by atoms with Crippen molar-refractivity contribution >= 4 is 11.6 Å². The standard InChI is InChI=1S/C14H12ClN3O2/c15-10-3-1-2-9(6-10)7-13-17-14(20-18-13)12-5-4-11(8-16)19-12/h1-6H,7-8,16H2. The van der Waals surface area contributed by atoms with Gasteiger partial charge in [-0.05, 0) is 29.8 Å². The maximum Gasteiger partial charge on any atom is 0.293 e. The van der Waals surface area contributed by atoms with Crippen LogP contribution in [0.4, 0.5) is 0 Å². The van der Waals surface area contributed by atoms with E-state index in [4.69, 9.17) is 26.3 Å². The highest BCUT2D eigenvalue weighted by Gasteiger charge is 2.13. The Kier molecular flexibility index (Phi) is 3.54. The molecule has 2 aromatic heterocycles. The van der Waals surface area contributed by atoms with Crippen LogP contribution in [0.2, 0.25) is 5.02 Å². The molecule has 6 heteroatoms. The van der Waals surface area contributed by atoms with E-state index in [0.717, 1.165) is 5.56 Å². The highest BCUT2D eigenvalue weighted by atomic mass is 35.5. The topological polar surface area (TPSA) is 78.1 Å². The van der Waals surface area contributed by atoms with E-state index in [9.17, 15) is 0 Å². The van der Waals surface area contributed by atoms with Crippen molar-refractivity contribution in [2.24, 2.45) is 5.73 Å². The zero-order chi connectivity index (χ0) is 13.9. The van der Waals surface area contributed by atoms with Crippen LogP contribution in [-0.4, -0.2) is 10.1 Å². The summed E-state index contributed by atoms with van der Waals surface area (Å²) in [6, 6.07) is 11.1. The van der Waals surface area contributed by atoms with Gasteiger partial charge in [-0.25, -0.2) is 0 Å². The van der Waals surface area contributed by atoms with Crippen molar-refractivity contribution in [2.75, 3.05) is 0 Å². The zero-order valence-electron chi connectivity index (χ0n) is 10.5. The fourth-order valence-corrected chi connectivity index (χ4v) is 2.07. The summed E-state index contributed by atoms with van der Waals surface area (Å²) in [7, 11) is 0. The van der Waals surface area contributed by atoms with Gasteiger partial charge in [0, 0.05) is 11.4 Å². The minimum absolute atomic E-state index is 0.337. The van der Waals surface area contributed by atoms with Crippen LogP contribution < -0.4 is 5.73 Å². The molecule has 3 aromatic rings. The number of nitrogens with zero attached hydrogens (tertiary/aromatic N) is 2. The normalized spacial score (nSPS) is 10.9. The fourth-order valence-electron chi connectivity index (χ4n) is 1.86. The molecule has 2 N–H and O–H groups in total. The lowest BCUT2D eigenvalue weighted by Crippen LogP contribution is -1.92. The molecule has 0 fully saturated rings. The molecule has 0 spiro atoms. The summed E-state index contributed by atoms with van der Waals surface area (Å²) < 4.78 is 10.6. The van der Waals surface area contributed by atoms with Crippen LogP contribution in [0.25, 0.3) is 11.7 Å². The van der Waals surface area contributed by atoms with Crippen molar-refractivity contribution in [2.45, 2.75) is 13.0 Å². The molecule has 0 aliphatic heterocycles. The Hall–Kier alpha value is -2.11. The average molecular weight is 290 g/mol. The van der Waals surface area contributed by atoms with Crippen LogP contribution in [0.1, 0.15) is 17.1 Å². The molecule has 0 amide bonds. The van der Waals surface area contributed by atoms with Gasteiger partial charge in [0.2, 0.25) is 0 Å². The summed E-state index contributed by atoms with van der Waals surface area (Å²) in [5.74, 6) is 2.12. The van der Waals surface area contributed by atoms with Gasteiger partial charge >= 0.3 is 0 Å². The molecule has 0 saturated carbocycles. The molecule has 2 heterocycles. The van der Waals surface area contributed by atoms with Crippen molar-refractivity contribution in [3.8, 4) is 11.7 Å². The monoisotopic (exact) mass is 289 g/mol. The fraction of sp³-hybridized carbons (Fsp3) is 0.143. The number of furan rings is 1. The molecule has 102 valence electrons. The van der Waals surface area contributed by atoms with E-state index in [0.29, 0.717) is 41.2 Å². The number of aromatic nitrogens is 2. The van der Waals surface area contributed by atoms with Crippen molar-refractivity contribution < 1.29 is 8.94 Å². The minimum atomic E-state index is 0.337. The van der Waals surface area contributed by atoms with Crippen molar-refractivity contribution in [3.63, 3.8) is 0 Å². The smallest absolute Gasteiger partial charge is 0.293 e. The molecule has 3 rings (SSSR count). The summed E-state index contributed by atoms with van der Waals surface area (Å²) in [5, 5.41) is 4.62. The number of nitrogens with two attached hydrogens (primary N) is 1. The molecule has 0 aliphatic carbocycles. The molecular formula is C14H12ClN3O2. The summed E-state index contributed by atoms with van der Waals surface area (Å²) in [4.78, 5) is 4.30. The van der Waals surface area contributed by atoms with E-state index >= 15 is 0 Å². The van der Waals surface area contributed by atoms with Crippen molar-refractivity contribution in [3.05, 3.63) is 58.6 Å². The number of halogens is 1. The van der Waals surface area contributed by atoms with E-state index in [-0.39, 0.29) is 0 Å². The highest BCUT2D eigenvalue weighted by molar-refractivity contribution is 6.30. The Morgan fingerprint density at radius 3 is 2.85 bits per heavy atom.